The third-order valence-electron chi connectivity index (χ3n) is 10.4. The van der Waals surface area contributed by atoms with E-state index in [0.29, 0.717) is 0 Å². The standard InChI is InChI=1S/C50H33N/c1-2-14-37-32-38(25-24-34(37)12-1)43-17-9-10-23-50(43)51(39-28-26-36(27-29-39)42-22-11-15-35-13-3-4-16-41(35)42)40-30-31-48-46-20-6-5-18-44(46)45-19-7-8-21-47(45)49(48)33-40/h1-33H. The second-order valence-corrected chi connectivity index (χ2v) is 13.3. The van der Waals surface area contributed by atoms with E-state index in [1.54, 1.807) is 0 Å². The van der Waals surface area contributed by atoms with E-state index < -0.39 is 0 Å². The van der Waals surface area contributed by atoms with Gasteiger partial charge in [-0.15, -0.1) is 0 Å². The SMILES string of the molecule is c1ccc(N(c2ccc(-c3cccc4ccccc34)cc2)c2ccc3c4ccccc4c4ccccc4c3c2)c(-c2ccc3ccccc3c2)c1. The summed E-state index contributed by atoms with van der Waals surface area (Å²) < 4.78 is 0. The molecule has 0 unspecified atom stereocenters. The van der Waals surface area contributed by atoms with Gasteiger partial charge in [0.2, 0.25) is 0 Å². The molecule has 238 valence electrons. The quantitative estimate of drug-likeness (QED) is 0.168. The number of hydrogen-bond donors (Lipinski definition) is 0. The summed E-state index contributed by atoms with van der Waals surface area (Å²) >= 11 is 0. The zero-order valence-corrected chi connectivity index (χ0v) is 28.0. The largest absolute Gasteiger partial charge is 0.310 e. The summed E-state index contributed by atoms with van der Waals surface area (Å²) in [7, 11) is 0. The fourth-order valence-electron chi connectivity index (χ4n) is 8.00. The zero-order chi connectivity index (χ0) is 33.7. The summed E-state index contributed by atoms with van der Waals surface area (Å²) in [5.41, 5.74) is 8.19. The lowest BCUT2D eigenvalue weighted by Crippen LogP contribution is -2.11. The van der Waals surface area contributed by atoms with Gasteiger partial charge in [-0.2, -0.15) is 0 Å². The molecule has 1 nitrogen and oxygen atoms in total. The number of benzene rings is 10. The van der Waals surface area contributed by atoms with Crippen LogP contribution in [0.1, 0.15) is 0 Å². The smallest absolute Gasteiger partial charge is 0.0540 e. The van der Waals surface area contributed by atoms with Crippen molar-refractivity contribution >= 4 is 70.9 Å². The molecule has 0 saturated carbocycles. The molecule has 0 aliphatic heterocycles. The van der Waals surface area contributed by atoms with Crippen LogP contribution in [0.4, 0.5) is 17.1 Å². The number of fused-ring (bicyclic) bond motifs is 8. The molecular formula is C50H33N. The molecule has 0 aromatic heterocycles. The highest BCUT2D eigenvalue weighted by Gasteiger charge is 2.19. The van der Waals surface area contributed by atoms with Crippen LogP contribution < -0.4 is 4.90 Å². The molecule has 0 amide bonds. The van der Waals surface area contributed by atoms with E-state index in [0.717, 1.165) is 17.1 Å². The minimum Gasteiger partial charge on any atom is -0.310 e. The molecule has 0 heterocycles. The highest BCUT2D eigenvalue weighted by molar-refractivity contribution is 6.25. The molecule has 0 fully saturated rings. The van der Waals surface area contributed by atoms with Crippen LogP contribution in [0.5, 0.6) is 0 Å². The Kier molecular flexibility index (Phi) is 6.89. The van der Waals surface area contributed by atoms with Gasteiger partial charge < -0.3 is 4.90 Å². The molecule has 0 bridgehead atoms. The fourth-order valence-corrected chi connectivity index (χ4v) is 8.00. The Morgan fingerprint density at radius 3 is 1.51 bits per heavy atom. The van der Waals surface area contributed by atoms with Crippen LogP contribution >= 0.6 is 0 Å². The van der Waals surface area contributed by atoms with Crippen LogP contribution in [0.3, 0.4) is 0 Å². The summed E-state index contributed by atoms with van der Waals surface area (Å²) in [4.78, 5) is 2.43. The van der Waals surface area contributed by atoms with Crippen molar-refractivity contribution in [3.05, 3.63) is 200 Å². The van der Waals surface area contributed by atoms with Crippen molar-refractivity contribution in [3.63, 3.8) is 0 Å². The average Bonchev–Trinajstić information content (AvgIpc) is 3.21. The molecule has 10 aromatic rings. The van der Waals surface area contributed by atoms with Crippen molar-refractivity contribution in [2.45, 2.75) is 0 Å². The van der Waals surface area contributed by atoms with Gasteiger partial charge in [0.15, 0.2) is 0 Å². The lowest BCUT2D eigenvalue weighted by atomic mass is 9.93. The van der Waals surface area contributed by atoms with Gasteiger partial charge in [0.25, 0.3) is 0 Å². The van der Waals surface area contributed by atoms with Crippen LogP contribution in [-0.2, 0) is 0 Å². The second-order valence-electron chi connectivity index (χ2n) is 13.3. The third-order valence-corrected chi connectivity index (χ3v) is 10.4. The first-order valence-corrected chi connectivity index (χ1v) is 17.6. The number of para-hydroxylation sites is 1. The van der Waals surface area contributed by atoms with Crippen LogP contribution in [0.15, 0.2) is 200 Å². The molecule has 1 heteroatoms. The first-order valence-electron chi connectivity index (χ1n) is 17.6. The molecule has 0 spiro atoms. The minimum atomic E-state index is 1.11. The summed E-state index contributed by atoms with van der Waals surface area (Å²) in [5, 5.41) is 12.6. The highest BCUT2D eigenvalue weighted by Crippen LogP contribution is 2.44. The molecule has 51 heavy (non-hydrogen) atoms. The van der Waals surface area contributed by atoms with Gasteiger partial charge in [0, 0.05) is 16.9 Å². The minimum absolute atomic E-state index is 1.11. The fraction of sp³-hybridized carbons (Fsp3) is 0. The Morgan fingerprint density at radius 2 is 0.765 bits per heavy atom. The molecule has 0 saturated heterocycles. The molecular weight excluding hydrogens is 615 g/mol. The Bertz CT molecular complexity index is 2880. The average molecular weight is 648 g/mol. The summed E-state index contributed by atoms with van der Waals surface area (Å²) in [5.74, 6) is 0. The van der Waals surface area contributed by atoms with Crippen molar-refractivity contribution in [2.75, 3.05) is 4.90 Å². The van der Waals surface area contributed by atoms with Crippen LogP contribution in [0, 0.1) is 0 Å². The van der Waals surface area contributed by atoms with E-state index in [9.17, 15) is 0 Å². The van der Waals surface area contributed by atoms with E-state index in [4.69, 9.17) is 0 Å². The van der Waals surface area contributed by atoms with Crippen molar-refractivity contribution in [1.29, 1.82) is 0 Å². The van der Waals surface area contributed by atoms with Gasteiger partial charge in [-0.3, -0.25) is 0 Å². The second kappa shape index (κ2) is 12.0. The maximum absolute atomic E-state index is 2.43. The first kappa shape index (κ1) is 29.2. The monoisotopic (exact) mass is 647 g/mol. The van der Waals surface area contributed by atoms with E-state index in [1.165, 1.54) is 76.1 Å². The maximum Gasteiger partial charge on any atom is 0.0540 e. The number of hydrogen-bond acceptors (Lipinski definition) is 1. The van der Waals surface area contributed by atoms with E-state index in [-0.39, 0.29) is 0 Å². The number of anilines is 3. The van der Waals surface area contributed by atoms with Crippen molar-refractivity contribution in [1.82, 2.24) is 0 Å². The van der Waals surface area contributed by atoms with Gasteiger partial charge in [0.05, 0.1) is 5.69 Å². The molecule has 10 aromatic carbocycles. The van der Waals surface area contributed by atoms with E-state index in [1.807, 2.05) is 0 Å². The Morgan fingerprint density at radius 1 is 0.255 bits per heavy atom. The molecule has 0 aliphatic carbocycles. The van der Waals surface area contributed by atoms with Crippen LogP contribution in [-0.4, -0.2) is 0 Å². The molecule has 0 N–H and O–H groups in total. The Balaban J connectivity index is 1.20. The molecule has 10 rings (SSSR count). The Labute approximate surface area is 297 Å². The normalized spacial score (nSPS) is 11.5. The van der Waals surface area contributed by atoms with Gasteiger partial charge in [0.1, 0.15) is 0 Å². The highest BCUT2D eigenvalue weighted by atomic mass is 15.1. The molecule has 0 aliphatic rings. The Hall–Kier alpha value is -6.70. The van der Waals surface area contributed by atoms with Gasteiger partial charge in [-0.05, 0) is 107 Å². The first-order chi connectivity index (χ1) is 25.3. The summed E-state index contributed by atoms with van der Waals surface area (Å²) in [6.45, 7) is 0. The van der Waals surface area contributed by atoms with E-state index >= 15 is 0 Å². The summed E-state index contributed by atoms with van der Waals surface area (Å²) in [6.07, 6.45) is 0. The number of rotatable bonds is 5. The van der Waals surface area contributed by atoms with Crippen molar-refractivity contribution < 1.29 is 0 Å². The van der Waals surface area contributed by atoms with E-state index in [2.05, 4.69) is 205 Å². The zero-order valence-electron chi connectivity index (χ0n) is 28.0. The molecule has 0 atom stereocenters. The lowest BCUT2D eigenvalue weighted by molar-refractivity contribution is 1.29. The third kappa shape index (κ3) is 4.94. The predicted octanol–water partition coefficient (Wildman–Crippen LogP) is 14.3. The predicted molar refractivity (Wildman–Crippen MR) is 220 cm³/mol. The van der Waals surface area contributed by atoms with Crippen molar-refractivity contribution in [2.24, 2.45) is 0 Å². The summed E-state index contributed by atoms with van der Waals surface area (Å²) in [6, 6.07) is 73.1. The van der Waals surface area contributed by atoms with Gasteiger partial charge >= 0.3 is 0 Å². The maximum atomic E-state index is 2.43. The lowest BCUT2D eigenvalue weighted by Gasteiger charge is -2.28. The van der Waals surface area contributed by atoms with Crippen LogP contribution in [0.25, 0.3) is 76.1 Å². The van der Waals surface area contributed by atoms with Crippen molar-refractivity contribution in [3.8, 4) is 22.3 Å². The topological polar surface area (TPSA) is 3.24 Å². The van der Waals surface area contributed by atoms with Crippen LogP contribution in [0.2, 0.25) is 0 Å². The molecule has 0 radical (unpaired) electrons. The van der Waals surface area contributed by atoms with Gasteiger partial charge in [-0.1, -0.05) is 164 Å². The number of nitrogens with zero attached hydrogens (tertiary/aromatic N) is 1. The van der Waals surface area contributed by atoms with Gasteiger partial charge in [-0.25, -0.2) is 0 Å².